The van der Waals surface area contributed by atoms with Gasteiger partial charge in [-0.25, -0.2) is 18.4 Å². The number of carbonyl (C=O) groups excluding carboxylic acids is 2. The van der Waals surface area contributed by atoms with Gasteiger partial charge in [-0.1, -0.05) is 24.3 Å². The maximum Gasteiger partial charge on any atom is 0.410 e. The summed E-state index contributed by atoms with van der Waals surface area (Å²) in [6.07, 6.45) is 4.12. The summed E-state index contributed by atoms with van der Waals surface area (Å²) >= 11 is 0. The van der Waals surface area contributed by atoms with E-state index < -0.39 is 30.1 Å². The molecule has 13 heteroatoms. The van der Waals surface area contributed by atoms with Crippen LogP contribution in [0, 0.1) is 11.6 Å². The fraction of sp³-hybridized carbons (Fsp3) is 0.674. The number of ether oxygens (including phenoxy) is 5. The molecule has 0 saturated carbocycles. The van der Waals surface area contributed by atoms with Gasteiger partial charge < -0.3 is 38.6 Å². The highest BCUT2D eigenvalue weighted by atomic mass is 19.1. The third-order valence-corrected chi connectivity index (χ3v) is 10.5. The molecule has 4 atom stereocenters. The summed E-state index contributed by atoms with van der Waals surface area (Å²) in [7, 11) is -1.00. The molecular formula is C43H63F3N2O8. The number of aliphatic hydroxyl groups excluding tert-OH is 1. The van der Waals surface area contributed by atoms with Crippen LogP contribution in [-0.2, 0) is 23.7 Å². The van der Waals surface area contributed by atoms with Crippen LogP contribution in [0.5, 0.6) is 0 Å². The first kappa shape index (κ1) is 43.7. The van der Waals surface area contributed by atoms with Gasteiger partial charge in [0.2, 0.25) is 0 Å². The highest BCUT2D eigenvalue weighted by molar-refractivity contribution is 5.68. The van der Waals surface area contributed by atoms with Crippen molar-refractivity contribution in [2.45, 2.75) is 147 Å². The van der Waals surface area contributed by atoms with E-state index in [4.69, 9.17) is 25.1 Å². The van der Waals surface area contributed by atoms with Crippen molar-refractivity contribution < 1.29 is 52.9 Å². The third-order valence-electron chi connectivity index (χ3n) is 10.5. The average Bonchev–Trinajstić information content (AvgIpc) is 3.12. The average molecular weight is 794 g/mol. The lowest BCUT2D eigenvalue weighted by Gasteiger charge is -2.48. The number of nitrogens with zero attached hydrogens (tertiary/aromatic N) is 2. The van der Waals surface area contributed by atoms with Crippen LogP contribution in [0.1, 0.15) is 125 Å². The molecule has 4 aliphatic rings. The predicted molar refractivity (Wildman–Crippen MR) is 207 cm³/mol. The van der Waals surface area contributed by atoms with Crippen LogP contribution in [0.15, 0.2) is 48.5 Å². The molecule has 2 aromatic rings. The first-order valence-electron chi connectivity index (χ1n) is 20.4. The van der Waals surface area contributed by atoms with Crippen LogP contribution in [0.3, 0.4) is 0 Å². The number of benzene rings is 2. The first-order valence-corrected chi connectivity index (χ1v) is 19.7. The minimum atomic E-state index is -1.00. The van der Waals surface area contributed by atoms with Gasteiger partial charge in [-0.2, -0.15) is 0 Å². The monoisotopic (exact) mass is 793 g/mol. The molecule has 0 aromatic heterocycles. The molecule has 0 aliphatic carbocycles. The van der Waals surface area contributed by atoms with E-state index >= 15 is 0 Å². The molecule has 0 bridgehead atoms. The van der Waals surface area contributed by atoms with Crippen molar-refractivity contribution in [2.75, 3.05) is 39.9 Å². The van der Waals surface area contributed by atoms with E-state index in [0.717, 1.165) is 36.8 Å². The summed E-state index contributed by atoms with van der Waals surface area (Å²) in [6, 6.07) is 12.8. The summed E-state index contributed by atoms with van der Waals surface area (Å²) in [4.78, 5) is 28.1. The molecule has 1 N–H and O–H groups in total. The van der Waals surface area contributed by atoms with E-state index in [1.165, 1.54) is 24.3 Å². The number of carbonyl (C=O) groups is 2. The maximum atomic E-state index is 13.3. The number of halogens is 3. The third kappa shape index (κ3) is 13.1. The van der Waals surface area contributed by atoms with Crippen LogP contribution in [0.4, 0.5) is 22.8 Å². The van der Waals surface area contributed by atoms with Crippen molar-refractivity contribution in [3.63, 3.8) is 0 Å². The quantitative estimate of drug-likeness (QED) is 0.327. The molecular weight excluding hydrogens is 729 g/mol. The van der Waals surface area contributed by atoms with Crippen molar-refractivity contribution in [1.29, 1.82) is 0 Å². The molecule has 4 fully saturated rings. The highest BCUT2D eigenvalue weighted by Gasteiger charge is 2.46. The molecule has 4 saturated heterocycles. The smallest absolute Gasteiger partial charge is 0.410 e. The number of piperidine rings is 2. The number of hydrogen-bond donors (Lipinski definition) is 1. The summed E-state index contributed by atoms with van der Waals surface area (Å²) in [5.41, 5.74) is 0.0581. The van der Waals surface area contributed by atoms with Crippen LogP contribution in [0.25, 0.3) is 0 Å². The van der Waals surface area contributed by atoms with Crippen LogP contribution in [-0.4, -0.2) is 102 Å². The second kappa shape index (κ2) is 19.4. The number of amides is 2. The molecule has 0 radical (unpaired) electrons. The second-order valence-electron chi connectivity index (χ2n) is 17.2. The van der Waals surface area contributed by atoms with Gasteiger partial charge in [-0.05, 0) is 110 Å². The Morgan fingerprint density at radius 2 is 1.12 bits per heavy atom. The Morgan fingerprint density at radius 1 is 0.750 bits per heavy atom. The van der Waals surface area contributed by atoms with Gasteiger partial charge in [-0.3, -0.25) is 4.39 Å². The van der Waals surface area contributed by atoms with Crippen molar-refractivity contribution in [1.82, 2.24) is 9.80 Å². The highest BCUT2D eigenvalue weighted by Crippen LogP contribution is 2.45. The van der Waals surface area contributed by atoms with Crippen molar-refractivity contribution in [2.24, 2.45) is 0 Å². The van der Waals surface area contributed by atoms with E-state index in [0.29, 0.717) is 58.5 Å². The number of alkyl halides is 1. The summed E-state index contributed by atoms with van der Waals surface area (Å²) in [5.74, 6) is -0.535. The Kier molecular flexibility index (Phi) is 15.1. The van der Waals surface area contributed by atoms with Gasteiger partial charge in [0, 0.05) is 58.5 Å². The second-order valence-corrected chi connectivity index (χ2v) is 17.2. The molecule has 56 heavy (non-hydrogen) atoms. The summed E-state index contributed by atoms with van der Waals surface area (Å²) in [6.45, 7) is 16.1. The van der Waals surface area contributed by atoms with Gasteiger partial charge >= 0.3 is 12.2 Å². The van der Waals surface area contributed by atoms with Gasteiger partial charge in [-0.15, -0.1) is 0 Å². The van der Waals surface area contributed by atoms with Crippen molar-refractivity contribution >= 4 is 12.2 Å². The zero-order chi connectivity index (χ0) is 42.0. The standard InChI is InChI=1S/C22H32FNO4.C20H28FNO4.CH3F/c1-5-26-18-14-19(16-6-8-17(23)9-7-16)27-22(15-18)10-12-24(13-11-22)20(25)28-21(2,3)4;1-19(2,3)26-18(24)22-10-8-20(9-11-22)13-16(23)12-17(25-20)14-4-6-15(21)7-5-14;1-2/h6-9,18-19H,5,10-15H2,1-4H3;4-7,16-17,23H,8-13H2,1-3H3;1H3/i;;1D. The molecule has 4 unspecified atom stereocenters. The van der Waals surface area contributed by atoms with E-state index in [1.54, 1.807) is 34.1 Å². The fourth-order valence-electron chi connectivity index (χ4n) is 7.91. The molecule has 2 spiro atoms. The van der Waals surface area contributed by atoms with E-state index in [9.17, 15) is 27.9 Å². The van der Waals surface area contributed by atoms with E-state index in [1.807, 2.05) is 48.5 Å². The van der Waals surface area contributed by atoms with Crippen molar-refractivity contribution in [3.8, 4) is 0 Å². The number of hydrogen-bond acceptors (Lipinski definition) is 8. The lowest BCUT2D eigenvalue weighted by Crippen LogP contribution is -2.53. The number of rotatable bonds is 4. The number of likely N-dealkylation sites (tertiary alicyclic amines) is 2. The molecule has 314 valence electrons. The molecule has 2 amide bonds. The molecule has 6 rings (SSSR count). The normalized spacial score (nSPS) is 24.9. The molecule has 4 aliphatic heterocycles. The van der Waals surface area contributed by atoms with Crippen LogP contribution < -0.4 is 0 Å². The molecule has 2 aromatic carbocycles. The minimum absolute atomic E-state index is 0.0990. The Bertz CT molecular complexity index is 1550. The van der Waals surface area contributed by atoms with Crippen LogP contribution in [0.2, 0.25) is 0 Å². The van der Waals surface area contributed by atoms with Gasteiger partial charge in [0.15, 0.2) is 0 Å². The van der Waals surface area contributed by atoms with Gasteiger partial charge in [0.05, 0.1) is 44.1 Å². The number of aliphatic hydroxyl groups is 1. The lowest BCUT2D eigenvalue weighted by molar-refractivity contribution is -0.191. The minimum Gasteiger partial charge on any atom is -0.444 e. The largest absolute Gasteiger partial charge is 0.444 e. The Hall–Kier alpha value is -3.39. The predicted octanol–water partition coefficient (Wildman–Crippen LogP) is 9.25. The zero-order valence-corrected chi connectivity index (χ0v) is 34.2. The summed E-state index contributed by atoms with van der Waals surface area (Å²) < 4.78 is 71.8. The van der Waals surface area contributed by atoms with E-state index in [-0.39, 0.29) is 47.7 Å². The van der Waals surface area contributed by atoms with Gasteiger partial charge in [0.1, 0.15) is 22.8 Å². The topological polar surface area (TPSA) is 107 Å². The molecule has 10 nitrogen and oxygen atoms in total. The van der Waals surface area contributed by atoms with Crippen LogP contribution >= 0.6 is 0 Å². The summed E-state index contributed by atoms with van der Waals surface area (Å²) in [5, 5.41) is 10.4. The maximum absolute atomic E-state index is 13.3. The lowest BCUT2D eigenvalue weighted by atomic mass is 9.81. The Balaban J connectivity index is 0.000000237. The fourth-order valence-corrected chi connectivity index (χ4v) is 7.91. The van der Waals surface area contributed by atoms with E-state index in [2.05, 4.69) is 0 Å². The Morgan fingerprint density at radius 3 is 1.50 bits per heavy atom. The SMILES string of the molecule is CC(C)(C)OC(=O)N1CCC2(CC1)CC(O)CC(c1ccc(F)cc1)O2.CCOC1CC(c2ccc(F)cc2)OC2(CCN(C(=O)OC(C)(C)C)CC2)C1.[2H]CF. The zero-order valence-electron chi connectivity index (χ0n) is 35.2. The Labute approximate surface area is 332 Å². The van der Waals surface area contributed by atoms with Crippen molar-refractivity contribution in [3.05, 3.63) is 71.3 Å². The van der Waals surface area contributed by atoms with Gasteiger partial charge in [0.25, 0.3) is 0 Å². The molecule has 4 heterocycles. The first-order chi connectivity index (χ1) is 26.8.